The monoisotopic (exact) mass is 234 g/mol. The first-order valence-electron chi connectivity index (χ1n) is 6.32. The summed E-state index contributed by atoms with van der Waals surface area (Å²) in [5.74, 6) is 0.0951. The molecule has 0 aliphatic rings. The summed E-state index contributed by atoms with van der Waals surface area (Å²) in [5.41, 5.74) is 6.76. The molecule has 1 unspecified atom stereocenters. The fourth-order valence-electron chi connectivity index (χ4n) is 1.77. The van der Waals surface area contributed by atoms with E-state index >= 15 is 0 Å². The van der Waals surface area contributed by atoms with Gasteiger partial charge in [0.2, 0.25) is 5.91 Å². The van der Waals surface area contributed by atoms with Crippen LogP contribution in [0.3, 0.4) is 0 Å². The van der Waals surface area contributed by atoms with E-state index in [1.807, 2.05) is 30.3 Å². The molecule has 0 fully saturated rings. The molecule has 1 aromatic carbocycles. The van der Waals surface area contributed by atoms with Gasteiger partial charge in [-0.05, 0) is 12.0 Å². The molecule has 0 saturated carbocycles. The number of benzene rings is 1. The van der Waals surface area contributed by atoms with Crippen LogP contribution < -0.4 is 11.1 Å². The van der Waals surface area contributed by atoms with Crippen LogP contribution in [0.1, 0.15) is 44.2 Å². The van der Waals surface area contributed by atoms with E-state index in [0.717, 1.165) is 24.8 Å². The van der Waals surface area contributed by atoms with Crippen LogP contribution >= 0.6 is 0 Å². The molecule has 0 saturated heterocycles. The molecule has 94 valence electrons. The predicted octanol–water partition coefficient (Wildman–Crippen LogP) is 2.38. The first-order chi connectivity index (χ1) is 8.27. The minimum absolute atomic E-state index is 0.0645. The Morgan fingerprint density at radius 1 is 1.29 bits per heavy atom. The topological polar surface area (TPSA) is 55.1 Å². The maximum atomic E-state index is 11.7. The van der Waals surface area contributed by atoms with E-state index in [4.69, 9.17) is 5.73 Å². The molecule has 1 aromatic rings. The summed E-state index contributed by atoms with van der Waals surface area (Å²) in [4.78, 5) is 11.7. The number of hydrogen-bond donors (Lipinski definition) is 2. The Morgan fingerprint density at radius 3 is 2.59 bits per heavy atom. The van der Waals surface area contributed by atoms with E-state index in [1.54, 1.807) is 0 Å². The fourth-order valence-corrected chi connectivity index (χ4v) is 1.77. The van der Waals surface area contributed by atoms with Crippen LogP contribution in [0.15, 0.2) is 30.3 Å². The summed E-state index contributed by atoms with van der Waals surface area (Å²) in [6.07, 6.45) is 3.78. The third-order valence-electron chi connectivity index (χ3n) is 2.78. The van der Waals surface area contributed by atoms with Crippen LogP contribution in [0.25, 0.3) is 0 Å². The molecule has 0 radical (unpaired) electrons. The van der Waals surface area contributed by atoms with Gasteiger partial charge in [0, 0.05) is 13.0 Å². The van der Waals surface area contributed by atoms with Crippen LogP contribution in [0.4, 0.5) is 0 Å². The minimum atomic E-state index is -0.0645. The smallest absolute Gasteiger partial charge is 0.220 e. The molecule has 0 bridgehead atoms. The van der Waals surface area contributed by atoms with Crippen LogP contribution in [0, 0.1) is 0 Å². The Labute approximate surface area is 103 Å². The molecule has 1 atom stereocenters. The molecule has 0 aliphatic heterocycles. The van der Waals surface area contributed by atoms with Gasteiger partial charge in [0.05, 0.1) is 6.04 Å². The molecule has 0 aromatic heterocycles. The largest absolute Gasteiger partial charge is 0.348 e. The van der Waals surface area contributed by atoms with Gasteiger partial charge in [-0.3, -0.25) is 4.79 Å². The number of carbonyl (C=O) groups excluding carboxylic acids is 1. The van der Waals surface area contributed by atoms with Crippen molar-refractivity contribution in [3.63, 3.8) is 0 Å². The van der Waals surface area contributed by atoms with Crippen molar-refractivity contribution in [3.05, 3.63) is 35.9 Å². The third kappa shape index (κ3) is 5.00. The van der Waals surface area contributed by atoms with Gasteiger partial charge in [-0.25, -0.2) is 0 Å². The van der Waals surface area contributed by atoms with Crippen molar-refractivity contribution in [2.24, 2.45) is 5.73 Å². The van der Waals surface area contributed by atoms with Crippen molar-refractivity contribution in [1.82, 2.24) is 5.32 Å². The second-order valence-corrected chi connectivity index (χ2v) is 4.22. The molecular weight excluding hydrogens is 212 g/mol. The molecular formula is C14H22N2O. The number of amides is 1. The lowest BCUT2D eigenvalue weighted by Crippen LogP contribution is -2.33. The highest BCUT2D eigenvalue weighted by molar-refractivity contribution is 5.76. The van der Waals surface area contributed by atoms with Crippen molar-refractivity contribution in [2.75, 3.05) is 6.54 Å². The van der Waals surface area contributed by atoms with Gasteiger partial charge in [-0.15, -0.1) is 0 Å². The van der Waals surface area contributed by atoms with Crippen LogP contribution in [0.2, 0.25) is 0 Å². The van der Waals surface area contributed by atoms with Gasteiger partial charge in [-0.1, -0.05) is 50.1 Å². The average molecular weight is 234 g/mol. The second-order valence-electron chi connectivity index (χ2n) is 4.22. The molecule has 0 heterocycles. The van der Waals surface area contributed by atoms with Gasteiger partial charge >= 0.3 is 0 Å². The molecule has 1 amide bonds. The van der Waals surface area contributed by atoms with E-state index in [0.29, 0.717) is 13.0 Å². The van der Waals surface area contributed by atoms with E-state index in [2.05, 4.69) is 12.2 Å². The maximum absolute atomic E-state index is 11.7. The highest BCUT2D eigenvalue weighted by Gasteiger charge is 2.11. The zero-order valence-electron chi connectivity index (χ0n) is 10.5. The van der Waals surface area contributed by atoms with E-state index in [9.17, 15) is 4.79 Å². The molecule has 3 heteroatoms. The highest BCUT2D eigenvalue weighted by atomic mass is 16.1. The van der Waals surface area contributed by atoms with Crippen LogP contribution in [-0.2, 0) is 4.79 Å². The molecule has 3 nitrogen and oxygen atoms in total. The van der Waals surface area contributed by atoms with E-state index in [-0.39, 0.29) is 11.9 Å². The summed E-state index contributed by atoms with van der Waals surface area (Å²) < 4.78 is 0. The molecule has 3 N–H and O–H groups in total. The normalized spacial score (nSPS) is 12.1. The molecule has 0 aliphatic carbocycles. The summed E-state index contributed by atoms with van der Waals surface area (Å²) in [6, 6.07) is 9.79. The number of rotatable bonds is 7. The minimum Gasteiger partial charge on any atom is -0.348 e. The number of hydrogen-bond acceptors (Lipinski definition) is 2. The zero-order chi connectivity index (χ0) is 12.5. The summed E-state index contributed by atoms with van der Waals surface area (Å²) in [5, 5.41) is 2.98. The highest BCUT2D eigenvalue weighted by Crippen LogP contribution is 2.11. The maximum Gasteiger partial charge on any atom is 0.220 e. The fraction of sp³-hybridized carbons (Fsp3) is 0.500. The SMILES string of the molecule is CCCCCC(=O)NC(CN)c1ccccc1. The van der Waals surface area contributed by atoms with Crippen molar-refractivity contribution in [2.45, 2.75) is 38.6 Å². The average Bonchev–Trinajstić information content (AvgIpc) is 2.37. The number of nitrogens with two attached hydrogens (primary N) is 1. The third-order valence-corrected chi connectivity index (χ3v) is 2.78. The zero-order valence-corrected chi connectivity index (χ0v) is 10.5. The van der Waals surface area contributed by atoms with Gasteiger partial charge in [0.15, 0.2) is 0 Å². The standard InChI is InChI=1S/C14H22N2O/c1-2-3-5-10-14(17)16-13(11-15)12-8-6-4-7-9-12/h4,6-9,13H,2-3,5,10-11,15H2,1H3,(H,16,17). The molecule has 1 rings (SSSR count). The Hall–Kier alpha value is -1.35. The Morgan fingerprint density at radius 2 is 2.00 bits per heavy atom. The van der Waals surface area contributed by atoms with Crippen molar-refractivity contribution in [3.8, 4) is 0 Å². The predicted molar refractivity (Wildman–Crippen MR) is 70.5 cm³/mol. The van der Waals surface area contributed by atoms with Crippen molar-refractivity contribution >= 4 is 5.91 Å². The number of carbonyl (C=O) groups is 1. The second kappa shape index (κ2) is 7.85. The van der Waals surface area contributed by atoms with E-state index < -0.39 is 0 Å². The van der Waals surface area contributed by atoms with Gasteiger partial charge in [-0.2, -0.15) is 0 Å². The van der Waals surface area contributed by atoms with Crippen molar-refractivity contribution in [1.29, 1.82) is 0 Å². The lowest BCUT2D eigenvalue weighted by molar-refractivity contribution is -0.121. The lowest BCUT2D eigenvalue weighted by Gasteiger charge is -2.17. The summed E-state index contributed by atoms with van der Waals surface area (Å²) in [6.45, 7) is 2.56. The Balaban J connectivity index is 2.44. The number of nitrogens with one attached hydrogen (secondary N) is 1. The van der Waals surface area contributed by atoms with Crippen LogP contribution in [-0.4, -0.2) is 12.5 Å². The van der Waals surface area contributed by atoms with Gasteiger partial charge in [0.1, 0.15) is 0 Å². The van der Waals surface area contributed by atoms with Crippen molar-refractivity contribution < 1.29 is 4.79 Å². The first kappa shape index (κ1) is 13.7. The summed E-state index contributed by atoms with van der Waals surface area (Å²) >= 11 is 0. The van der Waals surface area contributed by atoms with E-state index in [1.165, 1.54) is 0 Å². The van der Waals surface area contributed by atoms with Gasteiger partial charge in [0.25, 0.3) is 0 Å². The van der Waals surface area contributed by atoms with Gasteiger partial charge < -0.3 is 11.1 Å². The molecule has 0 spiro atoms. The number of unbranched alkanes of at least 4 members (excludes halogenated alkanes) is 2. The Kier molecular flexibility index (Phi) is 6.33. The first-order valence-corrected chi connectivity index (χ1v) is 6.32. The van der Waals surface area contributed by atoms with Crippen LogP contribution in [0.5, 0.6) is 0 Å². The quantitative estimate of drug-likeness (QED) is 0.712. The Bertz CT molecular complexity index is 324. The summed E-state index contributed by atoms with van der Waals surface area (Å²) in [7, 11) is 0. The molecule has 17 heavy (non-hydrogen) atoms. The lowest BCUT2D eigenvalue weighted by atomic mass is 10.1.